The Morgan fingerprint density at radius 2 is 0.750 bits per heavy atom. The summed E-state index contributed by atoms with van der Waals surface area (Å²) in [6.45, 7) is -1.05. The molecule has 2 aliphatic rings. The fraction of sp³-hybridized carbons (Fsp3) is 1.00. The molecule has 0 aliphatic carbocycles. The van der Waals surface area contributed by atoms with Crippen molar-refractivity contribution < 1.29 is 60.5 Å². The van der Waals surface area contributed by atoms with Gasteiger partial charge in [-0.15, -0.1) is 0 Å². The maximum Gasteiger partial charge on any atom is 0.184 e. The second-order valence-corrected chi connectivity index (χ2v) is 5.44. The van der Waals surface area contributed by atoms with E-state index in [9.17, 15) is 0 Å². The van der Waals surface area contributed by atoms with Gasteiger partial charge in [-0.25, -0.2) is 0 Å². The van der Waals surface area contributed by atoms with Crippen LogP contribution in [0.25, 0.3) is 0 Å². The van der Waals surface area contributed by atoms with Gasteiger partial charge in [0.05, 0.1) is 13.2 Å². The molecule has 0 bridgehead atoms. The van der Waals surface area contributed by atoms with Crippen molar-refractivity contribution in [2.24, 2.45) is 0 Å². The van der Waals surface area contributed by atoms with Crippen LogP contribution in [0.3, 0.4) is 0 Å². The van der Waals surface area contributed by atoms with Gasteiger partial charge < -0.3 is 60.5 Å². The van der Waals surface area contributed by atoms with Crippen molar-refractivity contribution in [3.05, 3.63) is 0 Å². The number of ether oxygens (including phenoxy) is 2. The Balaban J connectivity index is 0.000000240. The fourth-order valence-corrected chi connectivity index (χ4v) is 2.16. The zero-order valence-corrected chi connectivity index (χ0v) is 12.5. The van der Waals surface area contributed by atoms with Crippen LogP contribution in [0.1, 0.15) is 0 Å². The Labute approximate surface area is 136 Å². The summed E-state index contributed by atoms with van der Waals surface area (Å²) >= 11 is 0. The van der Waals surface area contributed by atoms with Crippen LogP contribution in [0.2, 0.25) is 0 Å². The minimum atomic E-state index is -1.57. The van der Waals surface area contributed by atoms with Crippen molar-refractivity contribution in [1.82, 2.24) is 0 Å². The molecule has 0 aromatic rings. The minimum absolute atomic E-state index is 0.526. The van der Waals surface area contributed by atoms with Crippen molar-refractivity contribution in [3.63, 3.8) is 0 Å². The second-order valence-electron chi connectivity index (χ2n) is 5.44. The van der Waals surface area contributed by atoms with Gasteiger partial charge in [0.2, 0.25) is 0 Å². The predicted molar refractivity (Wildman–Crippen MR) is 72.0 cm³/mol. The van der Waals surface area contributed by atoms with Crippen LogP contribution in [0.5, 0.6) is 0 Å². The fourth-order valence-electron chi connectivity index (χ4n) is 2.16. The smallest absolute Gasteiger partial charge is 0.184 e. The molecule has 5 unspecified atom stereocenters. The standard InChI is InChI=1S/2C6H12O6/c2*7-1-2-3(8)4(9)5(10)6(11)12-2/h2*2-11H,1H2/t2-,3+,4+,5-,6+;/m1./s1. The van der Waals surface area contributed by atoms with Crippen molar-refractivity contribution >= 4 is 0 Å². The summed E-state index contributed by atoms with van der Waals surface area (Å²) in [5.74, 6) is 0. The molecule has 2 heterocycles. The molecule has 24 heavy (non-hydrogen) atoms. The molecule has 144 valence electrons. The van der Waals surface area contributed by atoms with Gasteiger partial charge in [-0.2, -0.15) is 0 Å². The van der Waals surface area contributed by atoms with E-state index in [1.807, 2.05) is 0 Å². The molecule has 0 aromatic carbocycles. The molecule has 2 saturated heterocycles. The van der Waals surface area contributed by atoms with E-state index in [0.717, 1.165) is 0 Å². The summed E-state index contributed by atoms with van der Waals surface area (Å²) in [6.07, 6.45) is -14.1. The van der Waals surface area contributed by atoms with E-state index < -0.39 is 74.6 Å². The summed E-state index contributed by atoms with van der Waals surface area (Å²) < 4.78 is 9.15. The van der Waals surface area contributed by atoms with Crippen molar-refractivity contribution in [1.29, 1.82) is 0 Å². The third kappa shape index (κ3) is 4.78. The first-order valence-corrected chi connectivity index (χ1v) is 7.12. The molecule has 10 N–H and O–H groups in total. The first kappa shape index (κ1) is 21.6. The van der Waals surface area contributed by atoms with Crippen LogP contribution < -0.4 is 0 Å². The predicted octanol–water partition coefficient (Wildman–Crippen LogP) is -6.44. The van der Waals surface area contributed by atoms with E-state index in [2.05, 4.69) is 9.47 Å². The Bertz CT molecular complexity index is 326. The average molecular weight is 360 g/mol. The summed E-state index contributed by atoms with van der Waals surface area (Å²) in [7, 11) is 0. The summed E-state index contributed by atoms with van der Waals surface area (Å²) in [4.78, 5) is 0. The maximum absolute atomic E-state index is 9.12. The van der Waals surface area contributed by atoms with E-state index in [-0.39, 0.29) is 0 Å². The molecule has 0 aromatic heterocycles. The van der Waals surface area contributed by atoms with Gasteiger partial charge in [-0.1, -0.05) is 0 Å². The van der Waals surface area contributed by atoms with E-state index >= 15 is 0 Å². The lowest BCUT2D eigenvalue weighted by atomic mass is 10.00. The first-order valence-electron chi connectivity index (χ1n) is 7.12. The molecule has 0 saturated carbocycles. The number of aliphatic hydroxyl groups excluding tert-OH is 10. The summed E-state index contributed by atoms with van der Waals surface area (Å²) in [5, 5.41) is 89.3. The first-order chi connectivity index (χ1) is 11.1. The van der Waals surface area contributed by atoms with Crippen molar-refractivity contribution in [3.8, 4) is 0 Å². The zero-order chi connectivity index (χ0) is 18.6. The Morgan fingerprint density at radius 3 is 1.00 bits per heavy atom. The molecule has 2 aliphatic heterocycles. The molecule has 10 atom stereocenters. The number of aliphatic hydroxyl groups is 10. The summed E-state index contributed by atoms with van der Waals surface area (Å²) in [6, 6.07) is 0. The van der Waals surface area contributed by atoms with Crippen molar-refractivity contribution in [2.75, 3.05) is 13.2 Å². The van der Waals surface area contributed by atoms with E-state index in [1.54, 1.807) is 0 Å². The van der Waals surface area contributed by atoms with Crippen LogP contribution in [0.4, 0.5) is 0 Å². The molecule has 0 radical (unpaired) electrons. The lowest BCUT2D eigenvalue weighted by molar-refractivity contribution is -0.286. The lowest BCUT2D eigenvalue weighted by Crippen LogP contribution is -2.58. The highest BCUT2D eigenvalue weighted by Gasteiger charge is 2.43. The SMILES string of the molecule is OCC1OC(O)C(O)C(O)C1O.OC[C@H]1O[C@H](O)[C@H](O)[C@@H](O)[C@H]1O. The second kappa shape index (κ2) is 9.28. The van der Waals surface area contributed by atoms with Gasteiger partial charge in [-0.3, -0.25) is 0 Å². The van der Waals surface area contributed by atoms with E-state index in [0.29, 0.717) is 0 Å². The maximum atomic E-state index is 9.12. The molecule has 2 rings (SSSR count). The number of hydrogen-bond donors (Lipinski definition) is 10. The topological polar surface area (TPSA) is 221 Å². The zero-order valence-electron chi connectivity index (χ0n) is 12.5. The third-order valence-corrected chi connectivity index (χ3v) is 3.73. The Morgan fingerprint density at radius 1 is 0.458 bits per heavy atom. The Kier molecular flexibility index (Phi) is 8.34. The van der Waals surface area contributed by atoms with Gasteiger partial charge in [-0.05, 0) is 0 Å². The normalized spacial score (nSPS) is 49.2. The number of hydrogen-bond acceptors (Lipinski definition) is 12. The molecule has 2 fully saturated rings. The highest BCUT2D eigenvalue weighted by Crippen LogP contribution is 2.19. The highest BCUT2D eigenvalue weighted by atomic mass is 16.6. The highest BCUT2D eigenvalue weighted by molar-refractivity contribution is 4.88. The number of rotatable bonds is 2. The third-order valence-electron chi connectivity index (χ3n) is 3.73. The van der Waals surface area contributed by atoms with Crippen molar-refractivity contribution in [2.45, 2.75) is 61.4 Å². The largest absolute Gasteiger partial charge is 0.394 e. The van der Waals surface area contributed by atoms with Gasteiger partial charge >= 0.3 is 0 Å². The van der Waals surface area contributed by atoms with Crippen LogP contribution >= 0.6 is 0 Å². The van der Waals surface area contributed by atoms with Gasteiger partial charge in [0.25, 0.3) is 0 Å². The van der Waals surface area contributed by atoms with Gasteiger partial charge in [0.1, 0.15) is 48.8 Å². The molecule has 0 amide bonds. The van der Waals surface area contributed by atoms with Gasteiger partial charge in [0, 0.05) is 0 Å². The minimum Gasteiger partial charge on any atom is -0.394 e. The van der Waals surface area contributed by atoms with Crippen LogP contribution in [-0.2, 0) is 9.47 Å². The van der Waals surface area contributed by atoms with Crippen LogP contribution in [0.15, 0.2) is 0 Å². The van der Waals surface area contributed by atoms with E-state index in [4.69, 9.17) is 51.1 Å². The molecule has 0 spiro atoms. The molecule has 12 nitrogen and oxygen atoms in total. The van der Waals surface area contributed by atoms with Gasteiger partial charge in [0.15, 0.2) is 12.6 Å². The molecular weight excluding hydrogens is 336 g/mol. The van der Waals surface area contributed by atoms with Crippen LogP contribution in [0, 0.1) is 0 Å². The lowest BCUT2D eigenvalue weighted by Gasteiger charge is -2.37. The Hall–Kier alpha value is -0.480. The molecule has 12 heteroatoms. The quantitative estimate of drug-likeness (QED) is 0.222. The average Bonchev–Trinajstić information content (AvgIpc) is 2.58. The summed E-state index contributed by atoms with van der Waals surface area (Å²) in [5.41, 5.74) is 0. The van der Waals surface area contributed by atoms with E-state index in [1.165, 1.54) is 0 Å². The van der Waals surface area contributed by atoms with Crippen LogP contribution in [-0.4, -0.2) is 126 Å². The monoisotopic (exact) mass is 360 g/mol. The molecular formula is C12H24O12.